The second kappa shape index (κ2) is 5.92. The molecule has 1 aliphatic rings. The molecule has 0 spiro atoms. The second-order valence-electron chi connectivity index (χ2n) is 5.47. The maximum absolute atomic E-state index is 13.2. The van der Waals surface area contributed by atoms with Gasteiger partial charge in [0.15, 0.2) is 11.6 Å². The smallest absolute Gasteiger partial charge is 0.159 e. The number of aliphatic hydroxyl groups excluding tert-OH is 1. The van der Waals surface area contributed by atoms with Crippen LogP contribution in [-0.4, -0.2) is 17.7 Å². The van der Waals surface area contributed by atoms with Crippen LogP contribution in [0.4, 0.5) is 8.78 Å². The molecule has 2 N–H and O–H groups in total. The maximum Gasteiger partial charge on any atom is 0.159 e. The van der Waals surface area contributed by atoms with E-state index in [0.717, 1.165) is 25.0 Å². The molecule has 0 radical (unpaired) electrons. The minimum atomic E-state index is -0.931. The Bertz CT molecular complexity index is 619. The van der Waals surface area contributed by atoms with Gasteiger partial charge < -0.3 is 10.4 Å². The highest BCUT2D eigenvalue weighted by atomic mass is 19.2. The van der Waals surface area contributed by atoms with Gasteiger partial charge in [-0.3, -0.25) is 0 Å². The Kier molecular flexibility index (Phi) is 3.99. The first-order valence-corrected chi connectivity index (χ1v) is 7.06. The zero-order valence-corrected chi connectivity index (χ0v) is 11.5. The Labute approximate surface area is 122 Å². The summed E-state index contributed by atoms with van der Waals surface area (Å²) in [6, 6.07) is 12.1. The SMILES string of the molecule is OC(CNC1Cc2ccccc2C1)c1ccc(F)c(F)c1. The van der Waals surface area contributed by atoms with Gasteiger partial charge in [-0.25, -0.2) is 8.78 Å². The molecule has 1 atom stereocenters. The molecule has 110 valence electrons. The van der Waals surface area contributed by atoms with E-state index in [-0.39, 0.29) is 6.04 Å². The molecule has 3 rings (SSSR count). The molecular formula is C17H17F2NO. The van der Waals surface area contributed by atoms with Gasteiger partial charge in [-0.05, 0) is 41.7 Å². The topological polar surface area (TPSA) is 32.3 Å². The summed E-state index contributed by atoms with van der Waals surface area (Å²) in [5.41, 5.74) is 3.05. The van der Waals surface area contributed by atoms with E-state index in [1.54, 1.807) is 0 Å². The predicted molar refractivity (Wildman–Crippen MR) is 77.0 cm³/mol. The van der Waals surface area contributed by atoms with Crippen molar-refractivity contribution in [1.29, 1.82) is 0 Å². The minimum absolute atomic E-state index is 0.280. The number of nitrogens with one attached hydrogen (secondary N) is 1. The summed E-state index contributed by atoms with van der Waals surface area (Å²) in [7, 11) is 0. The molecule has 2 aromatic rings. The Morgan fingerprint density at radius 3 is 2.33 bits per heavy atom. The molecule has 0 bridgehead atoms. The lowest BCUT2D eigenvalue weighted by atomic mass is 10.1. The van der Waals surface area contributed by atoms with Gasteiger partial charge in [-0.1, -0.05) is 30.3 Å². The predicted octanol–water partition coefficient (Wildman–Crippen LogP) is 2.76. The quantitative estimate of drug-likeness (QED) is 0.907. The molecule has 0 fully saturated rings. The summed E-state index contributed by atoms with van der Waals surface area (Å²) in [4.78, 5) is 0. The van der Waals surface area contributed by atoms with Gasteiger partial charge in [-0.2, -0.15) is 0 Å². The molecule has 2 nitrogen and oxygen atoms in total. The highest BCUT2D eigenvalue weighted by Gasteiger charge is 2.21. The van der Waals surface area contributed by atoms with Gasteiger partial charge in [0.05, 0.1) is 6.10 Å². The van der Waals surface area contributed by atoms with Crippen molar-refractivity contribution >= 4 is 0 Å². The van der Waals surface area contributed by atoms with Crippen LogP contribution in [0.2, 0.25) is 0 Å². The number of hydrogen-bond donors (Lipinski definition) is 2. The van der Waals surface area contributed by atoms with Crippen LogP contribution in [0.25, 0.3) is 0 Å². The Hall–Kier alpha value is -1.78. The monoisotopic (exact) mass is 289 g/mol. The molecule has 2 aromatic carbocycles. The van der Waals surface area contributed by atoms with Crippen molar-refractivity contribution in [3.8, 4) is 0 Å². The number of benzene rings is 2. The highest BCUT2D eigenvalue weighted by molar-refractivity contribution is 5.33. The van der Waals surface area contributed by atoms with E-state index in [1.165, 1.54) is 17.2 Å². The molecule has 4 heteroatoms. The van der Waals surface area contributed by atoms with E-state index < -0.39 is 17.7 Å². The summed E-state index contributed by atoms with van der Waals surface area (Å²) in [6.45, 7) is 0.323. The van der Waals surface area contributed by atoms with Crippen molar-refractivity contribution in [2.45, 2.75) is 25.0 Å². The van der Waals surface area contributed by atoms with Crippen LogP contribution in [0, 0.1) is 11.6 Å². The fraction of sp³-hybridized carbons (Fsp3) is 0.294. The van der Waals surface area contributed by atoms with Crippen molar-refractivity contribution < 1.29 is 13.9 Å². The summed E-state index contributed by atoms with van der Waals surface area (Å²) in [5.74, 6) is -1.83. The first-order valence-electron chi connectivity index (χ1n) is 7.06. The van der Waals surface area contributed by atoms with E-state index >= 15 is 0 Å². The van der Waals surface area contributed by atoms with Gasteiger partial charge in [0.1, 0.15) is 0 Å². The van der Waals surface area contributed by atoms with Crippen LogP contribution < -0.4 is 5.32 Å². The first kappa shape index (κ1) is 14.2. The fourth-order valence-corrected chi connectivity index (χ4v) is 2.82. The number of aliphatic hydroxyl groups is 1. The lowest BCUT2D eigenvalue weighted by Crippen LogP contribution is -2.33. The van der Waals surface area contributed by atoms with E-state index in [2.05, 4.69) is 17.4 Å². The average Bonchev–Trinajstić information content (AvgIpc) is 2.90. The summed E-state index contributed by atoms with van der Waals surface area (Å²) >= 11 is 0. The lowest BCUT2D eigenvalue weighted by Gasteiger charge is -2.16. The third kappa shape index (κ3) is 3.12. The van der Waals surface area contributed by atoms with Crippen LogP contribution in [0.15, 0.2) is 42.5 Å². The van der Waals surface area contributed by atoms with Crippen molar-refractivity contribution in [2.75, 3.05) is 6.54 Å². The molecule has 0 saturated carbocycles. The highest BCUT2D eigenvalue weighted by Crippen LogP contribution is 2.22. The number of hydrogen-bond acceptors (Lipinski definition) is 2. The number of fused-ring (bicyclic) bond motifs is 1. The van der Waals surface area contributed by atoms with Gasteiger partial charge in [0, 0.05) is 12.6 Å². The Balaban J connectivity index is 1.57. The van der Waals surface area contributed by atoms with Crippen LogP contribution in [0.5, 0.6) is 0 Å². The molecule has 0 amide bonds. The van der Waals surface area contributed by atoms with E-state index in [0.29, 0.717) is 12.1 Å². The lowest BCUT2D eigenvalue weighted by molar-refractivity contribution is 0.169. The van der Waals surface area contributed by atoms with Crippen LogP contribution in [-0.2, 0) is 12.8 Å². The fourth-order valence-electron chi connectivity index (χ4n) is 2.82. The minimum Gasteiger partial charge on any atom is -0.387 e. The molecule has 0 heterocycles. The van der Waals surface area contributed by atoms with Crippen molar-refractivity contribution in [3.63, 3.8) is 0 Å². The Morgan fingerprint density at radius 2 is 1.71 bits per heavy atom. The zero-order valence-electron chi connectivity index (χ0n) is 11.5. The molecule has 0 saturated heterocycles. The molecule has 1 aliphatic carbocycles. The third-order valence-electron chi connectivity index (χ3n) is 3.98. The number of rotatable bonds is 4. The van der Waals surface area contributed by atoms with E-state index in [4.69, 9.17) is 0 Å². The van der Waals surface area contributed by atoms with E-state index in [1.807, 2.05) is 12.1 Å². The Morgan fingerprint density at radius 1 is 1.05 bits per heavy atom. The van der Waals surface area contributed by atoms with Crippen molar-refractivity contribution in [1.82, 2.24) is 5.32 Å². The van der Waals surface area contributed by atoms with Crippen LogP contribution in [0.1, 0.15) is 22.8 Å². The summed E-state index contributed by atoms with van der Waals surface area (Å²) < 4.78 is 26.0. The summed E-state index contributed by atoms with van der Waals surface area (Å²) in [6.07, 6.45) is 1.02. The van der Waals surface area contributed by atoms with Gasteiger partial charge in [0.2, 0.25) is 0 Å². The van der Waals surface area contributed by atoms with Gasteiger partial charge in [0.25, 0.3) is 0 Å². The molecular weight excluding hydrogens is 272 g/mol. The average molecular weight is 289 g/mol. The standard InChI is InChI=1S/C17H17F2NO/c18-15-6-5-13(9-16(15)19)17(21)10-20-14-7-11-3-1-2-4-12(11)8-14/h1-6,9,14,17,20-21H,7-8,10H2. The van der Waals surface area contributed by atoms with Crippen LogP contribution in [0.3, 0.4) is 0 Å². The van der Waals surface area contributed by atoms with E-state index in [9.17, 15) is 13.9 Å². The van der Waals surface area contributed by atoms with Gasteiger partial charge >= 0.3 is 0 Å². The van der Waals surface area contributed by atoms with Crippen molar-refractivity contribution in [2.24, 2.45) is 0 Å². The molecule has 1 unspecified atom stereocenters. The summed E-state index contributed by atoms with van der Waals surface area (Å²) in [5, 5.41) is 13.4. The maximum atomic E-state index is 13.2. The second-order valence-corrected chi connectivity index (χ2v) is 5.47. The third-order valence-corrected chi connectivity index (χ3v) is 3.98. The molecule has 21 heavy (non-hydrogen) atoms. The molecule has 0 aliphatic heterocycles. The first-order chi connectivity index (χ1) is 10.1. The van der Waals surface area contributed by atoms with Crippen LogP contribution >= 0.6 is 0 Å². The van der Waals surface area contributed by atoms with Crippen molar-refractivity contribution in [3.05, 3.63) is 70.8 Å². The normalized spacial score (nSPS) is 16.0. The molecule has 0 aromatic heterocycles. The van der Waals surface area contributed by atoms with Gasteiger partial charge in [-0.15, -0.1) is 0 Å². The zero-order chi connectivity index (χ0) is 14.8. The number of halogens is 2. The largest absolute Gasteiger partial charge is 0.387 e.